The number of esters is 3. The van der Waals surface area contributed by atoms with Crippen LogP contribution in [-0.2, 0) is 39.8 Å². The fourth-order valence-corrected chi connectivity index (χ4v) is 7.49. The van der Waals surface area contributed by atoms with Crippen molar-refractivity contribution in [3.05, 3.63) is 128 Å². The molecular formula is C42H46N4O8. The normalized spacial score (nSPS) is 26.1. The number of nitrogens with two attached hydrogens (primary N) is 1. The highest BCUT2D eigenvalue weighted by molar-refractivity contribution is 6.13. The minimum absolute atomic E-state index is 0.0889. The number of allylic oxidation sites excluding steroid dienone is 11. The van der Waals surface area contributed by atoms with Crippen molar-refractivity contribution in [2.24, 2.45) is 22.1 Å². The third kappa shape index (κ3) is 6.99. The van der Waals surface area contributed by atoms with Crippen LogP contribution in [0.5, 0.6) is 0 Å². The first-order chi connectivity index (χ1) is 25.6. The lowest BCUT2D eigenvalue weighted by molar-refractivity contribution is -0.150. The summed E-state index contributed by atoms with van der Waals surface area (Å²) in [6, 6.07) is 0. The van der Waals surface area contributed by atoms with Crippen LogP contribution < -0.4 is 11.1 Å². The molecule has 0 amide bonds. The van der Waals surface area contributed by atoms with Gasteiger partial charge in [0.2, 0.25) is 0 Å². The molecule has 1 fully saturated rings. The van der Waals surface area contributed by atoms with Crippen LogP contribution in [-0.4, -0.2) is 61.0 Å². The average molecular weight is 735 g/mol. The van der Waals surface area contributed by atoms with Gasteiger partial charge >= 0.3 is 23.9 Å². The number of aliphatic carboxylic acids is 1. The third-order valence-electron chi connectivity index (χ3n) is 10.7. The van der Waals surface area contributed by atoms with Crippen molar-refractivity contribution in [2.75, 3.05) is 21.3 Å². The minimum atomic E-state index is -1.17. The molecule has 1 unspecified atom stereocenters. The van der Waals surface area contributed by atoms with E-state index in [9.17, 15) is 24.3 Å². The van der Waals surface area contributed by atoms with Gasteiger partial charge in [-0.3, -0.25) is 14.4 Å². The summed E-state index contributed by atoms with van der Waals surface area (Å²) in [5.74, 6) is -3.74. The SMILES string of the molecule is C=CC1=C(/C)C(=C)/C=C2\N/C(=C\C3=NC(=C\c4[nH]c(c(C)c4CCC(=O)O)\C=C\1N)/C(CCC(=O)OC)=C3C)[C@@]1(C)C2=CC=C(C(=O)OC)C1C(=O)OC. The number of carbonyl (C=O) groups excluding carboxylic acids is 3. The average Bonchev–Trinajstić information content (AvgIpc) is 3.70. The first-order valence-corrected chi connectivity index (χ1v) is 17.4. The van der Waals surface area contributed by atoms with Crippen LogP contribution in [0.3, 0.4) is 0 Å². The molecule has 4 aliphatic rings. The number of carboxylic acids is 1. The monoisotopic (exact) mass is 734 g/mol. The zero-order valence-corrected chi connectivity index (χ0v) is 31.7. The second-order valence-corrected chi connectivity index (χ2v) is 13.6. The highest BCUT2D eigenvalue weighted by Gasteiger charge is 2.55. The number of aliphatic imine (C=N–C) groups is 1. The molecule has 54 heavy (non-hydrogen) atoms. The number of nitrogens with zero attached hydrogens (tertiary/aromatic N) is 1. The van der Waals surface area contributed by atoms with Gasteiger partial charge < -0.3 is 35.4 Å². The molecule has 6 bridgehead atoms. The number of rotatable bonds is 9. The lowest BCUT2D eigenvalue weighted by Crippen LogP contribution is -2.41. The molecule has 282 valence electrons. The molecule has 1 aliphatic carbocycles. The van der Waals surface area contributed by atoms with Gasteiger partial charge in [0.1, 0.15) is 5.92 Å². The van der Waals surface area contributed by atoms with Gasteiger partial charge in [-0.25, -0.2) is 9.79 Å². The third-order valence-corrected chi connectivity index (χ3v) is 10.7. The molecule has 1 aromatic rings. The van der Waals surface area contributed by atoms with Gasteiger partial charge in [-0.05, 0) is 104 Å². The zero-order chi connectivity index (χ0) is 39.6. The molecule has 12 nitrogen and oxygen atoms in total. The largest absolute Gasteiger partial charge is 0.481 e. The lowest BCUT2D eigenvalue weighted by Gasteiger charge is -2.36. The van der Waals surface area contributed by atoms with E-state index in [4.69, 9.17) is 24.9 Å². The minimum Gasteiger partial charge on any atom is -0.481 e. The number of aromatic amines is 1. The lowest BCUT2D eigenvalue weighted by atomic mass is 9.64. The Morgan fingerprint density at radius 2 is 1.69 bits per heavy atom. The molecule has 0 aromatic carbocycles. The summed E-state index contributed by atoms with van der Waals surface area (Å²) in [6.45, 7) is 15.9. The van der Waals surface area contributed by atoms with Crippen molar-refractivity contribution in [3.8, 4) is 0 Å². The number of nitrogens with one attached hydrogen (secondary N) is 2. The van der Waals surface area contributed by atoms with E-state index < -0.39 is 35.2 Å². The molecule has 0 radical (unpaired) electrons. The molecule has 1 saturated heterocycles. The Labute approximate surface area is 314 Å². The van der Waals surface area contributed by atoms with E-state index in [2.05, 4.69) is 23.5 Å². The molecule has 5 rings (SSSR count). The van der Waals surface area contributed by atoms with Gasteiger partial charge in [-0.2, -0.15) is 0 Å². The van der Waals surface area contributed by atoms with Gasteiger partial charge in [0.15, 0.2) is 0 Å². The molecule has 3 aliphatic heterocycles. The van der Waals surface area contributed by atoms with Gasteiger partial charge in [0, 0.05) is 46.9 Å². The zero-order valence-electron chi connectivity index (χ0n) is 31.7. The highest BCUT2D eigenvalue weighted by atomic mass is 16.5. The Balaban J connectivity index is 1.87. The summed E-state index contributed by atoms with van der Waals surface area (Å²) in [5.41, 5.74) is 15.6. The Hall–Kier alpha value is -6.17. The second-order valence-electron chi connectivity index (χ2n) is 13.6. The molecule has 4 heterocycles. The van der Waals surface area contributed by atoms with Crippen LogP contribution in [0.4, 0.5) is 0 Å². The number of carboxylic acid groups (broad SMARTS) is 1. The first kappa shape index (κ1) is 39.0. The predicted molar refractivity (Wildman–Crippen MR) is 206 cm³/mol. The van der Waals surface area contributed by atoms with Gasteiger partial charge in [0.05, 0.1) is 43.7 Å². The maximum absolute atomic E-state index is 13.7. The number of H-pyrrole nitrogens is 1. The number of hydrogen-bond donors (Lipinski definition) is 4. The van der Waals surface area contributed by atoms with Crippen LogP contribution in [0.15, 0.2) is 110 Å². The predicted octanol–water partition coefficient (Wildman–Crippen LogP) is 5.98. The van der Waals surface area contributed by atoms with E-state index in [0.717, 1.165) is 27.8 Å². The second kappa shape index (κ2) is 15.4. The van der Waals surface area contributed by atoms with E-state index in [0.29, 0.717) is 63.0 Å². The van der Waals surface area contributed by atoms with E-state index in [-0.39, 0.29) is 24.8 Å². The van der Waals surface area contributed by atoms with Crippen LogP contribution in [0, 0.1) is 18.3 Å². The van der Waals surface area contributed by atoms with Crippen molar-refractivity contribution in [1.29, 1.82) is 0 Å². The standard InChI is InChI=1S/C42H46N4O8/c1-10-25-22(3)21(2)17-35-29-14-11-28(40(50)53-8)39(41(51)54-9)42(29,6)36(46-35)20-32-24(5)27(13-16-38(49)52-7)34(45-32)19-33-26(12-15-37(47)48)23(4)31(44-33)18-30(25)43/h10-11,14,17-20,39,44,46H,1-2,12-13,15-16,43H2,3-9H3,(H,47,48)/b25-22+,30-18-,34-19-,35-17-,36-20-/t39?,42-/m1/s1. The fourth-order valence-electron chi connectivity index (χ4n) is 7.49. The molecular weight excluding hydrogens is 688 g/mol. The van der Waals surface area contributed by atoms with E-state index in [1.165, 1.54) is 21.3 Å². The summed E-state index contributed by atoms with van der Waals surface area (Å²) in [4.78, 5) is 59.4. The molecule has 12 heteroatoms. The maximum atomic E-state index is 13.7. The van der Waals surface area contributed by atoms with E-state index >= 15 is 0 Å². The molecule has 2 atom stereocenters. The van der Waals surface area contributed by atoms with Gasteiger partial charge in [-0.1, -0.05) is 31.4 Å². The van der Waals surface area contributed by atoms with Crippen molar-refractivity contribution in [1.82, 2.24) is 10.3 Å². The Morgan fingerprint density at radius 1 is 0.963 bits per heavy atom. The van der Waals surface area contributed by atoms with E-state index in [1.807, 2.05) is 45.9 Å². The van der Waals surface area contributed by atoms with Gasteiger partial charge in [-0.15, -0.1) is 0 Å². The Bertz CT molecular complexity index is 2180. The van der Waals surface area contributed by atoms with E-state index in [1.54, 1.807) is 24.3 Å². The highest BCUT2D eigenvalue weighted by Crippen LogP contribution is 2.55. The quantitative estimate of drug-likeness (QED) is 0.174. The van der Waals surface area contributed by atoms with Crippen molar-refractivity contribution in [2.45, 2.75) is 53.4 Å². The molecule has 1 aromatic heterocycles. The summed E-state index contributed by atoms with van der Waals surface area (Å²) in [7, 11) is 3.86. The van der Waals surface area contributed by atoms with Crippen molar-refractivity contribution in [3.63, 3.8) is 0 Å². The number of aromatic nitrogens is 1. The van der Waals surface area contributed by atoms with Crippen LogP contribution in [0.2, 0.25) is 0 Å². The van der Waals surface area contributed by atoms with Crippen molar-refractivity contribution >= 4 is 41.7 Å². The van der Waals surface area contributed by atoms with Crippen LogP contribution in [0.25, 0.3) is 12.2 Å². The Kier molecular flexibility index (Phi) is 11.2. The van der Waals surface area contributed by atoms with Crippen molar-refractivity contribution < 1.29 is 38.5 Å². The number of methoxy groups -OCH3 is 3. The van der Waals surface area contributed by atoms with Gasteiger partial charge in [0.25, 0.3) is 0 Å². The maximum Gasteiger partial charge on any atom is 0.334 e. The first-order valence-electron chi connectivity index (χ1n) is 17.4. The number of carbonyl (C=O) groups is 4. The number of fused-ring (bicyclic) bond motifs is 8. The number of hydrogen-bond acceptors (Lipinski definition) is 10. The smallest absolute Gasteiger partial charge is 0.334 e. The summed E-state index contributed by atoms with van der Waals surface area (Å²) in [6.07, 6.45) is 12.9. The van der Waals surface area contributed by atoms with Crippen LogP contribution >= 0.6 is 0 Å². The summed E-state index contributed by atoms with van der Waals surface area (Å²) >= 11 is 0. The molecule has 0 saturated carbocycles. The molecule has 0 spiro atoms. The van der Waals surface area contributed by atoms with Crippen LogP contribution in [0.1, 0.15) is 62.5 Å². The number of ether oxygens (including phenoxy) is 3. The molecule has 5 N–H and O–H groups in total. The summed E-state index contributed by atoms with van der Waals surface area (Å²) in [5, 5.41) is 13.1. The fraction of sp³-hybridized carbons (Fsp3) is 0.310. The Morgan fingerprint density at radius 3 is 2.31 bits per heavy atom. The topological polar surface area (TPSA) is 182 Å². The summed E-state index contributed by atoms with van der Waals surface area (Å²) < 4.78 is 15.4.